The monoisotopic (exact) mass is 760 g/mol. The highest BCUT2D eigenvalue weighted by atomic mass is 16.6. The molecule has 3 aromatic rings. The number of ether oxygens (including phenoxy) is 10. The number of hydrogen-bond acceptors (Lipinski definition) is 14. The molecular formula is C41H48N2O12. The molecule has 55 heavy (non-hydrogen) atoms. The maximum atomic E-state index is 11.9. The zero-order valence-electron chi connectivity index (χ0n) is 30.7. The van der Waals surface area contributed by atoms with Gasteiger partial charge in [-0.2, -0.15) is 0 Å². The van der Waals surface area contributed by atoms with Gasteiger partial charge in [0.2, 0.25) is 0 Å². The normalized spacial score (nSPS) is 26.7. The van der Waals surface area contributed by atoms with Gasteiger partial charge < -0.3 is 57.2 Å². The molecule has 7 heterocycles. The average Bonchev–Trinajstić information content (AvgIpc) is 4.02. The van der Waals surface area contributed by atoms with E-state index >= 15 is 0 Å². The van der Waals surface area contributed by atoms with Gasteiger partial charge in [0.1, 0.15) is 43.9 Å². The van der Waals surface area contributed by atoms with Crippen molar-refractivity contribution in [3.63, 3.8) is 0 Å². The van der Waals surface area contributed by atoms with Gasteiger partial charge in [-0.3, -0.25) is 0 Å². The number of benzene rings is 3. The summed E-state index contributed by atoms with van der Waals surface area (Å²) in [6.07, 6.45) is 1.92. The van der Waals surface area contributed by atoms with Crippen LogP contribution in [0.5, 0.6) is 5.75 Å². The fourth-order valence-electron chi connectivity index (χ4n) is 5.65. The molecule has 7 aliphatic rings. The number of esters is 2. The van der Waals surface area contributed by atoms with Gasteiger partial charge in [-0.15, -0.1) is 0 Å². The van der Waals surface area contributed by atoms with Crippen LogP contribution in [0.3, 0.4) is 0 Å². The third kappa shape index (κ3) is 13.2. The minimum absolute atomic E-state index is 0.00919. The molecule has 0 aromatic heterocycles. The first kappa shape index (κ1) is 37.6. The molecule has 7 unspecified atom stereocenters. The number of hydrogen-bond donors (Lipinski definition) is 0. The van der Waals surface area contributed by atoms with Crippen LogP contribution in [0, 0.1) is 0 Å². The molecule has 294 valence electrons. The van der Waals surface area contributed by atoms with E-state index in [-0.39, 0.29) is 36.5 Å². The largest absolute Gasteiger partial charge is 0.491 e. The van der Waals surface area contributed by atoms with Gasteiger partial charge in [0.25, 0.3) is 0 Å². The average molecular weight is 761 g/mol. The van der Waals surface area contributed by atoms with Crippen molar-refractivity contribution >= 4 is 23.3 Å². The second-order valence-corrected chi connectivity index (χ2v) is 14.4. The van der Waals surface area contributed by atoms with E-state index in [1.165, 1.54) is 11.4 Å². The Kier molecular flexibility index (Phi) is 12.4. The predicted molar refractivity (Wildman–Crippen MR) is 198 cm³/mol. The Morgan fingerprint density at radius 3 is 1.18 bits per heavy atom. The van der Waals surface area contributed by atoms with Crippen LogP contribution >= 0.6 is 0 Å². The number of carbonyl (C=O) groups excluding carboxylic acids is 2. The number of rotatable bonds is 19. The van der Waals surface area contributed by atoms with E-state index in [9.17, 15) is 9.59 Å². The molecule has 0 aliphatic carbocycles. The number of anilines is 2. The van der Waals surface area contributed by atoms with Gasteiger partial charge in [-0.25, -0.2) is 9.59 Å². The molecule has 3 aromatic carbocycles. The highest BCUT2D eigenvalue weighted by Crippen LogP contribution is 2.26. The van der Waals surface area contributed by atoms with Crippen LogP contribution < -0.4 is 14.5 Å². The molecule has 7 saturated heterocycles. The van der Waals surface area contributed by atoms with Crippen molar-refractivity contribution in [2.75, 3.05) is 102 Å². The predicted octanol–water partition coefficient (Wildman–Crippen LogP) is 3.16. The van der Waals surface area contributed by atoms with Crippen LogP contribution in [0.25, 0.3) is 0 Å². The van der Waals surface area contributed by atoms with Crippen molar-refractivity contribution < 1.29 is 57.0 Å². The van der Waals surface area contributed by atoms with Crippen molar-refractivity contribution in [1.82, 2.24) is 0 Å². The van der Waals surface area contributed by atoms with E-state index in [0.717, 1.165) is 65.0 Å². The lowest BCUT2D eigenvalue weighted by Crippen LogP contribution is -2.31. The summed E-state index contributed by atoms with van der Waals surface area (Å²) in [5, 5.41) is 0. The van der Waals surface area contributed by atoms with Crippen LogP contribution in [0.15, 0.2) is 78.9 Å². The Bertz CT molecular complexity index is 1610. The van der Waals surface area contributed by atoms with Gasteiger partial charge >= 0.3 is 11.9 Å². The SMILES string of the molecule is O=C(OCC1CO1)c1ccccc1C(=O)OCC1CO1.c1cc(N(CC2CO2)CC2CO2)ccc1OCC1CO1.c1ccc(N(CC2CO2)CC2CO2)cc1. The highest BCUT2D eigenvalue weighted by Gasteiger charge is 2.33. The maximum absolute atomic E-state index is 11.9. The van der Waals surface area contributed by atoms with Crippen LogP contribution in [0.1, 0.15) is 20.7 Å². The molecule has 0 N–H and O–H groups in total. The van der Waals surface area contributed by atoms with Crippen molar-refractivity contribution in [2.45, 2.75) is 42.7 Å². The smallest absolute Gasteiger partial charge is 0.339 e. The van der Waals surface area contributed by atoms with E-state index in [2.05, 4.69) is 46.2 Å². The summed E-state index contributed by atoms with van der Waals surface area (Å²) in [7, 11) is 0. The summed E-state index contributed by atoms with van der Waals surface area (Å²) in [6.45, 7) is 10.6. The number of para-hydroxylation sites is 1. The number of nitrogens with zero attached hydrogens (tertiary/aromatic N) is 2. The molecule has 14 nitrogen and oxygen atoms in total. The van der Waals surface area contributed by atoms with Crippen LogP contribution in [0.2, 0.25) is 0 Å². The first-order valence-electron chi connectivity index (χ1n) is 19.0. The van der Waals surface area contributed by atoms with E-state index in [1.54, 1.807) is 24.3 Å². The third-order valence-corrected chi connectivity index (χ3v) is 9.44. The Labute approximate surface area is 320 Å². The first-order chi connectivity index (χ1) is 27.0. The lowest BCUT2D eigenvalue weighted by molar-refractivity contribution is 0.0430. The first-order valence-corrected chi connectivity index (χ1v) is 19.0. The van der Waals surface area contributed by atoms with Gasteiger partial charge in [-0.05, 0) is 48.5 Å². The molecule has 7 atom stereocenters. The lowest BCUT2D eigenvalue weighted by atomic mass is 10.1. The summed E-state index contributed by atoms with van der Waals surface area (Å²) in [4.78, 5) is 28.6. The molecule has 7 fully saturated rings. The minimum atomic E-state index is -0.546. The van der Waals surface area contributed by atoms with Crippen molar-refractivity contribution in [1.29, 1.82) is 0 Å². The topological polar surface area (TPSA) is 156 Å². The molecule has 0 spiro atoms. The fourth-order valence-corrected chi connectivity index (χ4v) is 5.65. The summed E-state index contributed by atoms with van der Waals surface area (Å²) < 4.78 is 52.1. The minimum Gasteiger partial charge on any atom is -0.491 e. The molecule has 0 radical (unpaired) electrons. The van der Waals surface area contributed by atoms with E-state index in [4.69, 9.17) is 47.4 Å². The zero-order chi connectivity index (χ0) is 37.4. The maximum Gasteiger partial charge on any atom is 0.339 e. The van der Waals surface area contributed by atoms with Crippen LogP contribution in [-0.2, 0) is 42.6 Å². The van der Waals surface area contributed by atoms with Gasteiger partial charge in [0.15, 0.2) is 0 Å². The summed E-state index contributed by atoms with van der Waals surface area (Å²) in [6, 6.07) is 25.2. The molecule has 0 bridgehead atoms. The quantitative estimate of drug-likeness (QED) is 0.130. The molecule has 10 rings (SSSR count). The molecule has 7 aliphatic heterocycles. The summed E-state index contributed by atoms with van der Waals surface area (Å²) in [5.74, 6) is -0.194. The number of epoxide rings is 7. The fraction of sp³-hybridized carbons (Fsp3) is 0.512. The van der Waals surface area contributed by atoms with Gasteiger partial charge in [0, 0.05) is 37.6 Å². The molecule has 0 saturated carbocycles. The highest BCUT2D eigenvalue weighted by molar-refractivity contribution is 6.03. The Hall–Kier alpha value is -4.28. The lowest BCUT2D eigenvalue weighted by Gasteiger charge is -2.23. The van der Waals surface area contributed by atoms with Crippen molar-refractivity contribution in [2.24, 2.45) is 0 Å². The van der Waals surface area contributed by atoms with E-state index in [0.29, 0.717) is 50.3 Å². The number of carbonyl (C=O) groups is 2. The third-order valence-electron chi connectivity index (χ3n) is 9.44. The van der Waals surface area contributed by atoms with Crippen LogP contribution in [0.4, 0.5) is 11.4 Å². The second kappa shape index (κ2) is 18.1. The Morgan fingerprint density at radius 1 is 0.455 bits per heavy atom. The summed E-state index contributed by atoms with van der Waals surface area (Å²) in [5.41, 5.74) is 2.87. The van der Waals surface area contributed by atoms with E-state index < -0.39 is 11.9 Å². The van der Waals surface area contributed by atoms with E-state index in [1.807, 2.05) is 18.2 Å². The van der Waals surface area contributed by atoms with Gasteiger partial charge in [-0.1, -0.05) is 30.3 Å². The van der Waals surface area contributed by atoms with Gasteiger partial charge in [0.05, 0.1) is 81.8 Å². The molecule has 0 amide bonds. The Morgan fingerprint density at radius 2 is 0.800 bits per heavy atom. The molecule has 14 heteroatoms. The zero-order valence-corrected chi connectivity index (χ0v) is 30.7. The Balaban J connectivity index is 0.000000118. The van der Waals surface area contributed by atoms with Crippen molar-refractivity contribution in [3.8, 4) is 5.75 Å². The molecular weight excluding hydrogens is 712 g/mol. The standard InChI is InChI=1S/C15H19NO4.C14H14O6.C12H15NO2/c1-3-12(17-9-15-10-20-15)4-2-11(1)16(5-13-7-18-13)6-14-8-19-14;15-13(19-7-9-5-17-9)11-3-1-2-4-12(11)14(16)20-8-10-6-18-10;1-2-4-10(5-3-1)13(6-11-8-14-11)7-12-9-15-12/h1-4,13-15H,5-10H2;1-4,9-10H,5-8H2;1-5,11-12H,6-9H2. The van der Waals surface area contributed by atoms with Crippen LogP contribution in [-0.4, -0.2) is 147 Å². The second-order valence-electron chi connectivity index (χ2n) is 14.4. The van der Waals surface area contributed by atoms with Crippen molar-refractivity contribution in [3.05, 3.63) is 90.0 Å². The summed E-state index contributed by atoms with van der Waals surface area (Å²) >= 11 is 0.